The first-order chi connectivity index (χ1) is 13.5. The quantitative estimate of drug-likeness (QED) is 0.716. The van der Waals surface area contributed by atoms with Crippen LogP contribution in [0.25, 0.3) is 0 Å². The molecule has 29 heavy (non-hydrogen) atoms. The summed E-state index contributed by atoms with van der Waals surface area (Å²) in [4.78, 5) is 12.5. The van der Waals surface area contributed by atoms with Crippen LogP contribution in [0.15, 0.2) is 35.2 Å². The van der Waals surface area contributed by atoms with Crippen LogP contribution in [-0.4, -0.2) is 27.5 Å². The standard InChI is InChI=1S/C22H30N2O4S/c1-13(2)23-22(25)20-12-18(8-9-21(20)28-7)29(26,27)24-17(6)19-11-15(4)14(3)10-16(19)5/h8-13,17,24H,1-7H3,(H,23,25)/t17-/m0/s1. The van der Waals surface area contributed by atoms with Crippen LogP contribution in [0.3, 0.4) is 0 Å². The van der Waals surface area contributed by atoms with Gasteiger partial charge in [0.15, 0.2) is 0 Å². The van der Waals surface area contributed by atoms with Crippen molar-refractivity contribution in [3.63, 3.8) is 0 Å². The summed E-state index contributed by atoms with van der Waals surface area (Å²) in [6.45, 7) is 11.5. The molecule has 158 valence electrons. The molecule has 0 heterocycles. The highest BCUT2D eigenvalue weighted by molar-refractivity contribution is 7.89. The Morgan fingerprint density at radius 3 is 2.17 bits per heavy atom. The summed E-state index contributed by atoms with van der Waals surface area (Å²) < 4.78 is 33.9. The van der Waals surface area contributed by atoms with Gasteiger partial charge in [0.1, 0.15) is 5.75 Å². The fourth-order valence-electron chi connectivity index (χ4n) is 3.19. The third-order valence-corrected chi connectivity index (χ3v) is 6.36. The van der Waals surface area contributed by atoms with Gasteiger partial charge < -0.3 is 10.1 Å². The Morgan fingerprint density at radius 1 is 0.966 bits per heavy atom. The third kappa shape index (κ3) is 5.36. The molecule has 1 atom stereocenters. The van der Waals surface area contributed by atoms with E-state index in [4.69, 9.17) is 4.74 Å². The average molecular weight is 419 g/mol. The van der Waals surface area contributed by atoms with E-state index in [0.29, 0.717) is 5.75 Å². The summed E-state index contributed by atoms with van der Waals surface area (Å²) in [5.74, 6) is -0.0629. The number of hydrogen-bond donors (Lipinski definition) is 2. The van der Waals surface area contributed by atoms with Crippen molar-refractivity contribution in [1.82, 2.24) is 10.0 Å². The van der Waals surface area contributed by atoms with E-state index in [9.17, 15) is 13.2 Å². The zero-order valence-electron chi connectivity index (χ0n) is 18.1. The van der Waals surface area contributed by atoms with Crippen molar-refractivity contribution in [2.24, 2.45) is 0 Å². The molecule has 2 N–H and O–H groups in total. The molecule has 2 aromatic carbocycles. The minimum atomic E-state index is -3.84. The molecule has 0 aromatic heterocycles. The zero-order chi connectivity index (χ0) is 21.9. The molecule has 0 spiro atoms. The number of nitrogens with one attached hydrogen (secondary N) is 2. The van der Waals surface area contributed by atoms with Gasteiger partial charge in [-0.3, -0.25) is 4.79 Å². The highest BCUT2D eigenvalue weighted by Crippen LogP contribution is 2.26. The van der Waals surface area contributed by atoms with Crippen LogP contribution in [0.4, 0.5) is 0 Å². The molecular weight excluding hydrogens is 388 g/mol. The van der Waals surface area contributed by atoms with E-state index in [1.54, 1.807) is 0 Å². The molecule has 0 bridgehead atoms. The van der Waals surface area contributed by atoms with Gasteiger partial charge in [-0.05, 0) is 82.0 Å². The van der Waals surface area contributed by atoms with Crippen molar-refractivity contribution in [1.29, 1.82) is 0 Å². The number of methoxy groups -OCH3 is 1. The van der Waals surface area contributed by atoms with Gasteiger partial charge in [0.25, 0.3) is 5.91 Å². The molecular formula is C22H30N2O4S. The summed E-state index contributed by atoms with van der Waals surface area (Å²) >= 11 is 0. The third-order valence-electron chi connectivity index (χ3n) is 4.83. The van der Waals surface area contributed by atoms with Crippen molar-refractivity contribution in [3.8, 4) is 5.75 Å². The van der Waals surface area contributed by atoms with Crippen LogP contribution < -0.4 is 14.8 Å². The van der Waals surface area contributed by atoms with Crippen molar-refractivity contribution in [2.45, 2.75) is 58.5 Å². The van der Waals surface area contributed by atoms with Gasteiger partial charge in [-0.1, -0.05) is 12.1 Å². The van der Waals surface area contributed by atoms with E-state index in [0.717, 1.165) is 22.3 Å². The number of benzene rings is 2. The van der Waals surface area contributed by atoms with Gasteiger partial charge in [0.2, 0.25) is 10.0 Å². The minimum absolute atomic E-state index is 0.0144. The number of hydrogen-bond acceptors (Lipinski definition) is 4. The highest BCUT2D eigenvalue weighted by Gasteiger charge is 2.23. The van der Waals surface area contributed by atoms with Gasteiger partial charge >= 0.3 is 0 Å². The van der Waals surface area contributed by atoms with Crippen molar-refractivity contribution < 1.29 is 17.9 Å². The van der Waals surface area contributed by atoms with E-state index in [-0.39, 0.29) is 22.4 Å². The molecule has 0 saturated carbocycles. The lowest BCUT2D eigenvalue weighted by molar-refractivity contribution is 0.0940. The Morgan fingerprint density at radius 2 is 1.59 bits per heavy atom. The largest absolute Gasteiger partial charge is 0.496 e. The molecule has 0 aliphatic rings. The van der Waals surface area contributed by atoms with Crippen LogP contribution in [0, 0.1) is 20.8 Å². The average Bonchev–Trinajstić information content (AvgIpc) is 2.63. The Kier molecular flexibility index (Phi) is 7.08. The SMILES string of the molecule is COc1ccc(S(=O)(=O)N[C@@H](C)c2cc(C)c(C)cc2C)cc1C(=O)NC(C)C. The maximum absolute atomic E-state index is 13.0. The molecule has 0 aliphatic carbocycles. The number of rotatable bonds is 7. The van der Waals surface area contributed by atoms with Crippen molar-refractivity contribution in [2.75, 3.05) is 7.11 Å². The van der Waals surface area contributed by atoms with Crippen molar-refractivity contribution in [3.05, 3.63) is 58.1 Å². The molecule has 6 nitrogen and oxygen atoms in total. The predicted molar refractivity (Wildman–Crippen MR) is 115 cm³/mol. The van der Waals surface area contributed by atoms with Gasteiger partial charge in [-0.25, -0.2) is 13.1 Å². The fourth-order valence-corrected chi connectivity index (χ4v) is 4.43. The maximum Gasteiger partial charge on any atom is 0.255 e. The molecule has 0 unspecified atom stereocenters. The first kappa shape index (κ1) is 22.9. The molecule has 0 aliphatic heterocycles. The van der Waals surface area contributed by atoms with Crippen LogP contribution >= 0.6 is 0 Å². The van der Waals surface area contributed by atoms with Gasteiger partial charge in [-0.15, -0.1) is 0 Å². The lowest BCUT2D eigenvalue weighted by Gasteiger charge is -2.19. The topological polar surface area (TPSA) is 84.5 Å². The summed E-state index contributed by atoms with van der Waals surface area (Å²) in [7, 11) is -2.40. The molecule has 0 radical (unpaired) electrons. The zero-order valence-corrected chi connectivity index (χ0v) is 18.9. The first-order valence-electron chi connectivity index (χ1n) is 9.55. The number of amides is 1. The van der Waals surface area contributed by atoms with Crippen LogP contribution in [0.2, 0.25) is 0 Å². The van der Waals surface area contributed by atoms with E-state index >= 15 is 0 Å². The summed E-state index contributed by atoms with van der Waals surface area (Å²) in [6.07, 6.45) is 0. The summed E-state index contributed by atoms with van der Waals surface area (Å²) in [6, 6.07) is 7.83. The second-order valence-corrected chi connectivity index (χ2v) is 9.34. The highest BCUT2D eigenvalue weighted by atomic mass is 32.2. The first-order valence-corrected chi connectivity index (χ1v) is 11.0. The smallest absolute Gasteiger partial charge is 0.255 e. The Bertz CT molecular complexity index is 1010. The molecule has 7 heteroatoms. The number of carbonyl (C=O) groups is 1. The predicted octanol–water partition coefficient (Wildman–Crippen LogP) is 3.80. The molecule has 0 saturated heterocycles. The molecule has 1 amide bonds. The summed E-state index contributed by atoms with van der Waals surface area (Å²) in [5.41, 5.74) is 4.39. The van der Waals surface area contributed by atoms with Crippen LogP contribution in [0.1, 0.15) is 59.4 Å². The normalized spacial score (nSPS) is 12.7. The van der Waals surface area contributed by atoms with Crippen molar-refractivity contribution >= 4 is 15.9 Å². The lowest BCUT2D eigenvalue weighted by atomic mass is 9.97. The van der Waals surface area contributed by atoms with E-state index < -0.39 is 16.1 Å². The number of aryl methyl sites for hydroxylation is 3. The minimum Gasteiger partial charge on any atom is -0.496 e. The van der Waals surface area contributed by atoms with Gasteiger partial charge in [0, 0.05) is 12.1 Å². The second-order valence-electron chi connectivity index (χ2n) is 7.63. The molecule has 2 aromatic rings. The monoisotopic (exact) mass is 418 g/mol. The van der Waals surface area contributed by atoms with Crippen LogP contribution in [-0.2, 0) is 10.0 Å². The van der Waals surface area contributed by atoms with Gasteiger partial charge in [0.05, 0.1) is 17.6 Å². The molecule has 0 fully saturated rings. The maximum atomic E-state index is 13.0. The second kappa shape index (κ2) is 8.97. The van der Waals surface area contributed by atoms with E-state index in [2.05, 4.69) is 16.1 Å². The van der Waals surface area contributed by atoms with E-state index in [1.807, 2.05) is 47.6 Å². The number of carbonyl (C=O) groups excluding carboxylic acids is 1. The summed E-state index contributed by atoms with van der Waals surface area (Å²) in [5, 5.41) is 2.76. The Labute approximate surface area is 173 Å². The fraction of sp³-hybridized carbons (Fsp3) is 0.409. The van der Waals surface area contributed by atoms with Gasteiger partial charge in [-0.2, -0.15) is 0 Å². The lowest BCUT2D eigenvalue weighted by Crippen LogP contribution is -2.31. The number of ether oxygens (including phenoxy) is 1. The molecule has 2 rings (SSSR count). The number of sulfonamides is 1. The Balaban J connectivity index is 2.38. The van der Waals surface area contributed by atoms with Crippen LogP contribution in [0.5, 0.6) is 5.75 Å². The Hall–Kier alpha value is -2.38. The van der Waals surface area contributed by atoms with E-state index in [1.165, 1.54) is 25.3 Å².